The molecule has 4 aromatic rings. The van der Waals surface area contributed by atoms with Crippen molar-refractivity contribution in [1.29, 1.82) is 0 Å². The molecule has 176 valence electrons. The number of imidazole rings is 1. The largest absolute Gasteiger partial charge is 0.447 e. The molecule has 3 N–H and O–H groups in total. The molecule has 0 bridgehead atoms. The molecule has 5 rings (SSSR count). The molecule has 0 aliphatic heterocycles. The Labute approximate surface area is 198 Å². The van der Waals surface area contributed by atoms with Gasteiger partial charge in [-0.1, -0.05) is 12.1 Å². The van der Waals surface area contributed by atoms with Crippen molar-refractivity contribution in [3.63, 3.8) is 0 Å². The lowest BCUT2D eigenvalue weighted by molar-refractivity contribution is 0.130. The molecule has 1 aliphatic rings. The van der Waals surface area contributed by atoms with E-state index >= 15 is 0 Å². The summed E-state index contributed by atoms with van der Waals surface area (Å²) in [4.78, 5) is 16.2. The van der Waals surface area contributed by atoms with Gasteiger partial charge in [0, 0.05) is 48.7 Å². The molecule has 8 heteroatoms. The number of rotatable bonds is 7. The number of hydrogen-bond donors (Lipinski definition) is 2. The first kappa shape index (κ1) is 21.9. The van der Waals surface area contributed by atoms with Crippen LogP contribution in [0.3, 0.4) is 0 Å². The number of hydrogen-bond acceptors (Lipinski definition) is 5. The van der Waals surface area contributed by atoms with Crippen molar-refractivity contribution in [3.8, 4) is 23.0 Å². The summed E-state index contributed by atoms with van der Waals surface area (Å²) in [5.74, 6) is 1.37. The van der Waals surface area contributed by atoms with Crippen LogP contribution in [0.4, 0.5) is 16.2 Å². The Morgan fingerprint density at radius 2 is 1.97 bits per heavy atom. The van der Waals surface area contributed by atoms with E-state index in [1.807, 2.05) is 74.1 Å². The molecule has 0 atom stereocenters. The van der Waals surface area contributed by atoms with Crippen molar-refractivity contribution in [2.24, 2.45) is 13.0 Å². The lowest BCUT2D eigenvalue weighted by Crippen LogP contribution is -2.17. The second kappa shape index (κ2) is 8.78. The molecule has 8 nitrogen and oxygen atoms in total. The van der Waals surface area contributed by atoms with Crippen LogP contribution in [0.15, 0.2) is 54.9 Å². The van der Waals surface area contributed by atoms with E-state index < -0.39 is 6.09 Å². The molecule has 1 amide bonds. The van der Waals surface area contributed by atoms with E-state index in [0.29, 0.717) is 23.4 Å². The number of ether oxygens (including phenoxy) is 2. The number of benzene rings is 2. The Morgan fingerprint density at radius 3 is 2.62 bits per heavy atom. The van der Waals surface area contributed by atoms with Gasteiger partial charge < -0.3 is 24.3 Å². The SMILES string of the molecule is CC(C)OC(=O)Nc1ccc(-c2c(N)c3ccc(Oc4nccn4C)cc3n2CC2CC2)cc1. The molecule has 0 saturated heterocycles. The fourth-order valence-corrected chi connectivity index (χ4v) is 4.11. The van der Waals surface area contributed by atoms with E-state index in [4.69, 9.17) is 15.2 Å². The molecule has 2 heterocycles. The molecule has 34 heavy (non-hydrogen) atoms. The monoisotopic (exact) mass is 459 g/mol. The van der Waals surface area contributed by atoms with E-state index in [-0.39, 0.29) is 6.10 Å². The predicted molar refractivity (Wildman–Crippen MR) is 133 cm³/mol. The summed E-state index contributed by atoms with van der Waals surface area (Å²) >= 11 is 0. The number of nitrogen functional groups attached to an aromatic ring is 1. The highest BCUT2D eigenvalue weighted by molar-refractivity contribution is 6.01. The summed E-state index contributed by atoms with van der Waals surface area (Å²) in [6, 6.07) is 14.2. The molecule has 1 aliphatic carbocycles. The van der Waals surface area contributed by atoms with Gasteiger partial charge >= 0.3 is 12.1 Å². The normalized spacial score (nSPS) is 13.4. The Balaban J connectivity index is 1.50. The molecule has 0 spiro atoms. The summed E-state index contributed by atoms with van der Waals surface area (Å²) in [6.07, 6.45) is 5.36. The van der Waals surface area contributed by atoms with Gasteiger partial charge in [0.1, 0.15) is 5.75 Å². The van der Waals surface area contributed by atoms with Crippen molar-refractivity contribution in [2.45, 2.75) is 39.3 Å². The fraction of sp³-hybridized carbons (Fsp3) is 0.308. The molecule has 2 aromatic carbocycles. The van der Waals surface area contributed by atoms with E-state index in [1.54, 1.807) is 6.20 Å². The highest BCUT2D eigenvalue weighted by Crippen LogP contribution is 2.41. The third-order valence-corrected chi connectivity index (χ3v) is 5.95. The zero-order valence-corrected chi connectivity index (χ0v) is 19.6. The van der Waals surface area contributed by atoms with Crippen molar-refractivity contribution in [2.75, 3.05) is 11.1 Å². The average Bonchev–Trinajstić information content (AvgIpc) is 3.47. The molecular weight excluding hydrogens is 430 g/mol. The Bertz CT molecular complexity index is 1330. The van der Waals surface area contributed by atoms with Crippen molar-refractivity contribution < 1.29 is 14.3 Å². The van der Waals surface area contributed by atoms with Crippen molar-refractivity contribution in [1.82, 2.24) is 14.1 Å². The second-order valence-corrected chi connectivity index (χ2v) is 9.07. The first-order valence-corrected chi connectivity index (χ1v) is 11.5. The van der Waals surface area contributed by atoms with Crippen LogP contribution >= 0.6 is 0 Å². The number of carbonyl (C=O) groups excluding carboxylic acids is 1. The average molecular weight is 460 g/mol. The molecule has 0 unspecified atom stereocenters. The standard InChI is InChI=1S/C26H29N5O3/c1-16(2)33-26(32)29-19-8-6-18(7-9-19)24-23(27)21-11-10-20(34-25-28-12-13-30(25)3)14-22(21)31(24)15-17-4-5-17/h6-14,16-17H,4-5,15,27H2,1-3H3,(H,29,32). The number of nitrogens with two attached hydrogens (primary N) is 1. The van der Waals surface area contributed by atoms with Crippen LogP contribution in [0.5, 0.6) is 11.8 Å². The van der Waals surface area contributed by atoms with Gasteiger partial charge in [0.05, 0.1) is 23.0 Å². The van der Waals surface area contributed by atoms with Crippen LogP contribution < -0.4 is 15.8 Å². The highest BCUT2D eigenvalue weighted by atomic mass is 16.6. The summed E-state index contributed by atoms with van der Waals surface area (Å²) in [5.41, 5.74) is 11.1. The van der Waals surface area contributed by atoms with Crippen LogP contribution in [-0.4, -0.2) is 26.3 Å². The topological polar surface area (TPSA) is 96.3 Å². The zero-order chi connectivity index (χ0) is 23.8. The van der Waals surface area contributed by atoms with Crippen LogP contribution in [0.2, 0.25) is 0 Å². The molecule has 1 fully saturated rings. The summed E-state index contributed by atoms with van der Waals surface area (Å²) in [7, 11) is 1.90. The minimum Gasteiger partial charge on any atom is -0.447 e. The number of amides is 1. The van der Waals surface area contributed by atoms with Gasteiger partial charge in [-0.2, -0.15) is 0 Å². The Hall–Kier alpha value is -3.94. The van der Waals surface area contributed by atoms with Crippen LogP contribution in [0.25, 0.3) is 22.2 Å². The van der Waals surface area contributed by atoms with E-state index in [1.165, 1.54) is 12.8 Å². The maximum atomic E-state index is 11.9. The van der Waals surface area contributed by atoms with Gasteiger partial charge in [0.15, 0.2) is 0 Å². The smallest absolute Gasteiger partial charge is 0.411 e. The molecular formula is C26H29N5O3. The summed E-state index contributed by atoms with van der Waals surface area (Å²) in [6.45, 7) is 4.53. The maximum absolute atomic E-state index is 11.9. The van der Waals surface area contributed by atoms with Gasteiger partial charge in [0.2, 0.25) is 0 Å². The van der Waals surface area contributed by atoms with Crippen LogP contribution in [0.1, 0.15) is 26.7 Å². The number of carbonyl (C=O) groups is 1. The number of nitrogens with zero attached hydrogens (tertiary/aromatic N) is 3. The van der Waals surface area contributed by atoms with Gasteiger partial charge in [-0.15, -0.1) is 0 Å². The van der Waals surface area contributed by atoms with Gasteiger partial charge in [-0.25, -0.2) is 9.78 Å². The maximum Gasteiger partial charge on any atom is 0.411 e. The Morgan fingerprint density at radius 1 is 1.21 bits per heavy atom. The third-order valence-electron chi connectivity index (χ3n) is 5.95. The number of aromatic nitrogens is 3. The van der Waals surface area contributed by atoms with Gasteiger partial charge in [-0.05, 0) is 56.9 Å². The molecule has 0 radical (unpaired) electrons. The van der Waals surface area contributed by atoms with Crippen LogP contribution in [0, 0.1) is 5.92 Å². The van der Waals surface area contributed by atoms with Crippen molar-refractivity contribution in [3.05, 3.63) is 54.9 Å². The third kappa shape index (κ3) is 4.44. The summed E-state index contributed by atoms with van der Waals surface area (Å²) < 4.78 is 15.3. The van der Waals surface area contributed by atoms with E-state index in [9.17, 15) is 4.79 Å². The minimum absolute atomic E-state index is 0.177. The second-order valence-electron chi connectivity index (χ2n) is 9.07. The van der Waals surface area contributed by atoms with Crippen LogP contribution in [-0.2, 0) is 18.3 Å². The first-order chi connectivity index (χ1) is 16.4. The van der Waals surface area contributed by atoms with Gasteiger partial charge in [0.25, 0.3) is 0 Å². The van der Waals surface area contributed by atoms with E-state index in [2.05, 4.69) is 14.9 Å². The first-order valence-electron chi connectivity index (χ1n) is 11.5. The lowest BCUT2D eigenvalue weighted by Gasteiger charge is -2.13. The molecule has 2 aromatic heterocycles. The zero-order valence-electron chi connectivity index (χ0n) is 19.6. The quantitative estimate of drug-likeness (QED) is 0.365. The highest BCUT2D eigenvalue weighted by Gasteiger charge is 2.26. The van der Waals surface area contributed by atoms with E-state index in [0.717, 1.165) is 34.4 Å². The number of fused-ring (bicyclic) bond motifs is 1. The minimum atomic E-state index is -0.467. The van der Waals surface area contributed by atoms with Gasteiger partial charge in [-0.3, -0.25) is 5.32 Å². The number of nitrogens with one attached hydrogen (secondary N) is 1. The molecule has 1 saturated carbocycles. The predicted octanol–water partition coefficient (Wildman–Crippen LogP) is 5.78. The number of anilines is 2. The Kier molecular flexibility index (Phi) is 5.65. The lowest BCUT2D eigenvalue weighted by atomic mass is 10.1. The van der Waals surface area contributed by atoms with Crippen molar-refractivity contribution >= 4 is 28.4 Å². The summed E-state index contributed by atoms with van der Waals surface area (Å²) in [5, 5.41) is 3.75. The number of aryl methyl sites for hydroxylation is 1. The fourth-order valence-electron chi connectivity index (χ4n) is 4.11.